The Morgan fingerprint density at radius 2 is 2.38 bits per heavy atom. The first-order chi connectivity index (χ1) is 7.67. The van der Waals surface area contributed by atoms with Crippen molar-refractivity contribution in [1.29, 1.82) is 0 Å². The number of ether oxygens (including phenoxy) is 1. The number of methoxy groups -OCH3 is 1. The smallest absolute Gasteiger partial charge is 0.339 e. The monoisotopic (exact) mass is 302 g/mol. The van der Waals surface area contributed by atoms with Crippen molar-refractivity contribution in [3.8, 4) is 0 Å². The van der Waals surface area contributed by atoms with E-state index in [0.717, 1.165) is 15.9 Å². The zero-order valence-corrected chi connectivity index (χ0v) is 10.7. The van der Waals surface area contributed by atoms with Crippen LogP contribution in [-0.2, 0) is 10.6 Å². The van der Waals surface area contributed by atoms with Crippen LogP contribution in [0.25, 0.3) is 5.65 Å². The number of carbonyl (C=O) groups excluding carboxylic acids is 1. The Morgan fingerprint density at radius 3 is 3.00 bits per heavy atom. The zero-order chi connectivity index (χ0) is 11.7. The van der Waals surface area contributed by atoms with Crippen LogP contribution in [0.2, 0.25) is 0 Å². The fraction of sp³-hybridized carbons (Fsp3) is 0.200. The van der Waals surface area contributed by atoms with E-state index in [1.165, 1.54) is 7.11 Å². The highest BCUT2D eigenvalue weighted by Gasteiger charge is 2.11. The van der Waals surface area contributed by atoms with Crippen molar-refractivity contribution in [3.05, 3.63) is 34.2 Å². The molecule has 0 saturated carbocycles. The van der Waals surface area contributed by atoms with Crippen LogP contribution >= 0.6 is 27.5 Å². The van der Waals surface area contributed by atoms with Crippen LogP contribution in [0, 0.1) is 0 Å². The van der Waals surface area contributed by atoms with E-state index in [9.17, 15) is 4.79 Å². The topological polar surface area (TPSA) is 43.6 Å². The van der Waals surface area contributed by atoms with Crippen molar-refractivity contribution in [3.63, 3.8) is 0 Å². The van der Waals surface area contributed by atoms with Crippen LogP contribution in [0.4, 0.5) is 0 Å². The molecule has 0 unspecified atom stereocenters. The molecule has 6 heteroatoms. The van der Waals surface area contributed by atoms with Gasteiger partial charge in [-0.15, -0.1) is 11.6 Å². The highest BCUT2D eigenvalue weighted by atomic mass is 79.9. The molecule has 2 rings (SSSR count). The summed E-state index contributed by atoms with van der Waals surface area (Å²) in [4.78, 5) is 15.6. The number of nitrogens with zero attached hydrogens (tertiary/aromatic N) is 2. The average molecular weight is 304 g/mol. The van der Waals surface area contributed by atoms with E-state index in [2.05, 4.69) is 25.7 Å². The van der Waals surface area contributed by atoms with Gasteiger partial charge >= 0.3 is 5.97 Å². The molecule has 2 heterocycles. The van der Waals surface area contributed by atoms with E-state index in [1.807, 2.05) is 0 Å². The molecule has 16 heavy (non-hydrogen) atoms. The number of carbonyl (C=O) groups is 1. The number of imidazole rings is 1. The van der Waals surface area contributed by atoms with Gasteiger partial charge in [-0.05, 0) is 28.1 Å². The van der Waals surface area contributed by atoms with Gasteiger partial charge in [-0.25, -0.2) is 9.78 Å². The number of halogens is 2. The largest absolute Gasteiger partial charge is 0.465 e. The minimum Gasteiger partial charge on any atom is -0.465 e. The van der Waals surface area contributed by atoms with Crippen molar-refractivity contribution in [1.82, 2.24) is 9.38 Å². The third-order valence-electron chi connectivity index (χ3n) is 2.17. The lowest BCUT2D eigenvalue weighted by molar-refractivity contribution is 0.0600. The molecular formula is C10H8BrClN2O2. The summed E-state index contributed by atoms with van der Waals surface area (Å²) >= 11 is 9.12. The summed E-state index contributed by atoms with van der Waals surface area (Å²) in [5.74, 6) is -0.0644. The number of esters is 1. The average Bonchev–Trinajstić information content (AvgIpc) is 2.64. The number of pyridine rings is 1. The molecule has 0 aliphatic carbocycles. The van der Waals surface area contributed by atoms with Gasteiger partial charge in [0, 0.05) is 6.20 Å². The van der Waals surface area contributed by atoms with Crippen LogP contribution in [-0.4, -0.2) is 22.5 Å². The molecule has 0 amide bonds. The van der Waals surface area contributed by atoms with Crippen LogP contribution < -0.4 is 0 Å². The number of aromatic nitrogens is 2. The Labute approximate surface area is 105 Å². The minimum absolute atomic E-state index is 0.315. The number of hydrogen-bond donors (Lipinski definition) is 0. The van der Waals surface area contributed by atoms with E-state index in [4.69, 9.17) is 11.6 Å². The Morgan fingerprint density at radius 1 is 1.62 bits per heavy atom. The first-order valence-corrected chi connectivity index (χ1v) is 5.81. The molecule has 0 saturated heterocycles. The van der Waals surface area contributed by atoms with Crippen molar-refractivity contribution in [2.75, 3.05) is 7.11 Å². The second-order valence-corrected chi connectivity index (χ2v) is 4.14. The first kappa shape index (κ1) is 11.4. The molecule has 0 bridgehead atoms. The van der Waals surface area contributed by atoms with E-state index >= 15 is 0 Å². The van der Waals surface area contributed by atoms with Crippen molar-refractivity contribution < 1.29 is 9.53 Å². The van der Waals surface area contributed by atoms with E-state index < -0.39 is 0 Å². The Bertz CT molecular complexity index is 553. The predicted octanol–water partition coefficient (Wildman–Crippen LogP) is 2.62. The van der Waals surface area contributed by atoms with Crippen LogP contribution in [0.15, 0.2) is 22.9 Å². The van der Waals surface area contributed by atoms with Crippen molar-refractivity contribution >= 4 is 39.1 Å². The number of rotatable bonds is 2. The van der Waals surface area contributed by atoms with Crippen molar-refractivity contribution in [2.45, 2.75) is 5.88 Å². The Kier molecular flexibility index (Phi) is 3.16. The maximum absolute atomic E-state index is 11.3. The van der Waals surface area contributed by atoms with Crippen LogP contribution in [0.5, 0.6) is 0 Å². The summed E-state index contributed by atoms with van der Waals surface area (Å²) < 4.78 is 7.15. The quantitative estimate of drug-likeness (QED) is 0.633. The van der Waals surface area contributed by atoms with Gasteiger partial charge in [0.15, 0.2) is 0 Å². The summed E-state index contributed by atoms with van der Waals surface area (Å²) in [6.07, 6.45) is 1.66. The highest BCUT2D eigenvalue weighted by Crippen LogP contribution is 2.21. The molecular weight excluding hydrogens is 295 g/mol. The second kappa shape index (κ2) is 4.43. The summed E-state index contributed by atoms with van der Waals surface area (Å²) in [7, 11) is 1.35. The van der Waals surface area contributed by atoms with Gasteiger partial charge < -0.3 is 4.74 Å². The Balaban J connectivity index is 2.61. The zero-order valence-electron chi connectivity index (χ0n) is 8.41. The lowest BCUT2D eigenvalue weighted by atomic mass is 10.3. The fourth-order valence-electron chi connectivity index (χ4n) is 1.39. The van der Waals surface area contributed by atoms with Gasteiger partial charge in [0.2, 0.25) is 0 Å². The molecule has 0 atom stereocenters. The van der Waals surface area contributed by atoms with Gasteiger partial charge in [-0.2, -0.15) is 0 Å². The first-order valence-electron chi connectivity index (χ1n) is 4.48. The molecule has 4 nitrogen and oxygen atoms in total. The van der Waals surface area contributed by atoms with E-state index in [1.54, 1.807) is 22.7 Å². The SMILES string of the molecule is COC(=O)c1ccc2nc(CCl)c(Br)n2c1. The fourth-order valence-corrected chi connectivity index (χ4v) is 2.25. The number of fused-ring (bicyclic) bond motifs is 1. The normalized spacial score (nSPS) is 10.7. The van der Waals surface area contributed by atoms with E-state index in [-0.39, 0.29) is 5.97 Å². The molecule has 0 N–H and O–H groups in total. The maximum atomic E-state index is 11.3. The molecule has 0 fully saturated rings. The molecule has 0 spiro atoms. The van der Waals surface area contributed by atoms with Gasteiger partial charge in [0.1, 0.15) is 10.3 Å². The standard InChI is InChI=1S/C10H8BrClN2O2/c1-16-10(15)6-2-3-8-13-7(4-12)9(11)14(8)5-6/h2-3,5H,4H2,1H3. The van der Waals surface area contributed by atoms with Gasteiger partial charge in [0.25, 0.3) is 0 Å². The van der Waals surface area contributed by atoms with Gasteiger partial charge in [-0.1, -0.05) is 0 Å². The lowest BCUT2D eigenvalue weighted by Gasteiger charge is -2.00. The molecule has 2 aromatic heterocycles. The minimum atomic E-state index is -0.380. The summed E-state index contributed by atoms with van der Waals surface area (Å²) in [5.41, 5.74) is 1.94. The van der Waals surface area contributed by atoms with Crippen LogP contribution in [0.3, 0.4) is 0 Å². The molecule has 0 aliphatic rings. The predicted molar refractivity (Wildman–Crippen MR) is 63.8 cm³/mol. The molecule has 2 aromatic rings. The molecule has 0 radical (unpaired) electrons. The third kappa shape index (κ3) is 1.81. The molecule has 0 aliphatic heterocycles. The third-order valence-corrected chi connectivity index (χ3v) is 3.27. The summed E-state index contributed by atoms with van der Waals surface area (Å²) in [5, 5.41) is 0. The van der Waals surface area contributed by atoms with Gasteiger partial charge in [-0.3, -0.25) is 4.40 Å². The van der Waals surface area contributed by atoms with E-state index in [0.29, 0.717) is 11.4 Å². The maximum Gasteiger partial charge on any atom is 0.339 e. The molecule has 84 valence electrons. The van der Waals surface area contributed by atoms with Gasteiger partial charge in [0.05, 0.1) is 24.2 Å². The summed E-state index contributed by atoms with van der Waals surface area (Å²) in [6.45, 7) is 0. The van der Waals surface area contributed by atoms with Crippen LogP contribution in [0.1, 0.15) is 16.1 Å². The molecule has 0 aromatic carbocycles. The number of hydrogen-bond acceptors (Lipinski definition) is 3. The lowest BCUT2D eigenvalue weighted by Crippen LogP contribution is -2.02. The summed E-state index contributed by atoms with van der Waals surface area (Å²) in [6, 6.07) is 3.41. The highest BCUT2D eigenvalue weighted by molar-refractivity contribution is 9.10. The second-order valence-electron chi connectivity index (χ2n) is 3.12. The number of alkyl halides is 1. The Hall–Kier alpha value is -1.07. The van der Waals surface area contributed by atoms with Crippen molar-refractivity contribution in [2.24, 2.45) is 0 Å².